The van der Waals surface area contributed by atoms with Gasteiger partial charge in [-0.05, 0) is 42.8 Å². The lowest BCUT2D eigenvalue weighted by molar-refractivity contribution is 0.0938. The second-order valence-corrected chi connectivity index (χ2v) is 7.91. The summed E-state index contributed by atoms with van der Waals surface area (Å²) in [6.45, 7) is 2.80. The summed E-state index contributed by atoms with van der Waals surface area (Å²) in [6, 6.07) is 11.3. The Balaban J connectivity index is 1.72. The van der Waals surface area contributed by atoms with Gasteiger partial charge in [0.2, 0.25) is 0 Å². The van der Waals surface area contributed by atoms with Crippen LogP contribution in [0, 0.1) is 0 Å². The van der Waals surface area contributed by atoms with Gasteiger partial charge in [0.15, 0.2) is 21.3 Å². The fraction of sp³-hybridized carbons (Fsp3) is 0.278. The molecule has 1 N–H and O–H groups in total. The SMILES string of the molecule is CC(NC(=O)c1ccc2c(c1)OCCO2)c1ccc(S(C)(=O)=O)cc1. The number of hydrogen-bond acceptors (Lipinski definition) is 5. The van der Waals surface area contributed by atoms with E-state index < -0.39 is 9.84 Å². The number of rotatable bonds is 4. The topological polar surface area (TPSA) is 81.7 Å². The number of nitrogens with one attached hydrogen (secondary N) is 1. The smallest absolute Gasteiger partial charge is 0.251 e. The minimum absolute atomic E-state index is 0.239. The summed E-state index contributed by atoms with van der Waals surface area (Å²) in [5.41, 5.74) is 1.29. The first-order valence-corrected chi connectivity index (χ1v) is 9.74. The van der Waals surface area contributed by atoms with Crippen molar-refractivity contribution in [3.8, 4) is 11.5 Å². The van der Waals surface area contributed by atoms with Crippen LogP contribution in [0.1, 0.15) is 28.9 Å². The van der Waals surface area contributed by atoms with E-state index in [0.29, 0.717) is 30.3 Å². The molecule has 25 heavy (non-hydrogen) atoms. The number of hydrogen-bond donors (Lipinski definition) is 1. The summed E-state index contributed by atoms with van der Waals surface area (Å²) in [4.78, 5) is 12.7. The van der Waals surface area contributed by atoms with Crippen molar-refractivity contribution < 1.29 is 22.7 Å². The molecule has 0 saturated heterocycles. The Morgan fingerprint density at radius 2 is 1.68 bits per heavy atom. The standard InChI is InChI=1S/C18H19NO5S/c1-12(13-3-6-15(7-4-13)25(2,21)22)19-18(20)14-5-8-16-17(11-14)24-10-9-23-16/h3-8,11-12H,9-10H2,1-2H3,(H,19,20). The van der Waals surface area contributed by atoms with Crippen LogP contribution >= 0.6 is 0 Å². The van der Waals surface area contributed by atoms with Gasteiger partial charge in [-0.25, -0.2) is 8.42 Å². The quantitative estimate of drug-likeness (QED) is 0.904. The number of carbonyl (C=O) groups excluding carboxylic acids is 1. The Morgan fingerprint density at radius 3 is 2.32 bits per heavy atom. The summed E-state index contributed by atoms with van der Waals surface area (Å²) < 4.78 is 33.9. The van der Waals surface area contributed by atoms with Gasteiger partial charge < -0.3 is 14.8 Å². The second-order valence-electron chi connectivity index (χ2n) is 5.89. The van der Waals surface area contributed by atoms with Crippen LogP contribution in [-0.4, -0.2) is 33.8 Å². The molecule has 1 aliphatic rings. The van der Waals surface area contributed by atoms with E-state index in [1.807, 2.05) is 6.92 Å². The first-order chi connectivity index (χ1) is 11.8. The van der Waals surface area contributed by atoms with Gasteiger partial charge in [-0.15, -0.1) is 0 Å². The summed E-state index contributed by atoms with van der Waals surface area (Å²) >= 11 is 0. The Morgan fingerprint density at radius 1 is 1.04 bits per heavy atom. The molecule has 1 atom stereocenters. The Labute approximate surface area is 146 Å². The Hall–Kier alpha value is -2.54. The molecule has 1 amide bonds. The van der Waals surface area contributed by atoms with Gasteiger partial charge in [0.25, 0.3) is 5.91 Å². The minimum atomic E-state index is -3.23. The monoisotopic (exact) mass is 361 g/mol. The summed E-state index contributed by atoms with van der Waals surface area (Å²) in [6.07, 6.45) is 1.16. The molecule has 0 radical (unpaired) electrons. The van der Waals surface area contributed by atoms with E-state index in [9.17, 15) is 13.2 Å². The highest BCUT2D eigenvalue weighted by Crippen LogP contribution is 2.30. The highest BCUT2D eigenvalue weighted by Gasteiger charge is 2.17. The van der Waals surface area contributed by atoms with Crippen LogP contribution in [0.3, 0.4) is 0 Å². The predicted molar refractivity (Wildman–Crippen MR) is 92.9 cm³/mol. The van der Waals surface area contributed by atoms with Crippen LogP contribution in [0.5, 0.6) is 11.5 Å². The molecule has 0 spiro atoms. The van der Waals surface area contributed by atoms with Gasteiger partial charge in [-0.2, -0.15) is 0 Å². The van der Waals surface area contributed by atoms with Crippen molar-refractivity contribution >= 4 is 15.7 Å². The number of carbonyl (C=O) groups is 1. The zero-order valence-electron chi connectivity index (χ0n) is 14.0. The molecule has 6 nitrogen and oxygen atoms in total. The number of benzene rings is 2. The van der Waals surface area contributed by atoms with Crippen molar-refractivity contribution in [1.82, 2.24) is 5.32 Å². The van der Waals surface area contributed by atoms with Crippen molar-refractivity contribution in [2.75, 3.05) is 19.5 Å². The van der Waals surface area contributed by atoms with Crippen molar-refractivity contribution in [1.29, 1.82) is 0 Å². The molecule has 0 aliphatic carbocycles. The van der Waals surface area contributed by atoms with E-state index in [4.69, 9.17) is 9.47 Å². The van der Waals surface area contributed by atoms with Crippen LogP contribution < -0.4 is 14.8 Å². The zero-order chi connectivity index (χ0) is 18.0. The van der Waals surface area contributed by atoms with Crippen molar-refractivity contribution in [2.24, 2.45) is 0 Å². The van der Waals surface area contributed by atoms with E-state index in [-0.39, 0.29) is 16.8 Å². The molecule has 3 rings (SSSR count). The number of amides is 1. The van der Waals surface area contributed by atoms with Crippen LogP contribution in [0.2, 0.25) is 0 Å². The first kappa shape index (κ1) is 17.3. The number of ether oxygens (including phenoxy) is 2. The van der Waals surface area contributed by atoms with Crippen molar-refractivity contribution in [3.05, 3.63) is 53.6 Å². The van der Waals surface area contributed by atoms with Crippen molar-refractivity contribution in [3.63, 3.8) is 0 Å². The number of sulfone groups is 1. The highest BCUT2D eigenvalue weighted by molar-refractivity contribution is 7.90. The number of fused-ring (bicyclic) bond motifs is 1. The second kappa shape index (κ2) is 6.76. The van der Waals surface area contributed by atoms with Gasteiger partial charge >= 0.3 is 0 Å². The summed E-state index contributed by atoms with van der Waals surface area (Å²) in [5, 5.41) is 2.89. The molecule has 7 heteroatoms. The van der Waals surface area contributed by atoms with Gasteiger partial charge in [-0.3, -0.25) is 4.79 Å². The van der Waals surface area contributed by atoms with E-state index in [0.717, 1.165) is 11.8 Å². The summed E-state index contributed by atoms with van der Waals surface area (Å²) in [5.74, 6) is 0.952. The average Bonchev–Trinajstić information content (AvgIpc) is 2.60. The van der Waals surface area contributed by atoms with Crippen LogP contribution in [0.15, 0.2) is 47.4 Å². The molecule has 132 valence electrons. The lowest BCUT2D eigenvalue weighted by Gasteiger charge is -2.19. The van der Waals surface area contributed by atoms with Gasteiger partial charge in [0.05, 0.1) is 10.9 Å². The minimum Gasteiger partial charge on any atom is -0.486 e. The molecule has 0 fully saturated rings. The molecule has 0 bridgehead atoms. The molecular weight excluding hydrogens is 342 g/mol. The zero-order valence-corrected chi connectivity index (χ0v) is 14.8. The predicted octanol–water partition coefficient (Wildman–Crippen LogP) is 2.35. The van der Waals surface area contributed by atoms with Gasteiger partial charge in [0.1, 0.15) is 13.2 Å². The molecule has 0 aromatic heterocycles. The Kier molecular flexibility index (Phi) is 4.67. The molecule has 1 aliphatic heterocycles. The van der Waals surface area contributed by atoms with Crippen LogP contribution in [-0.2, 0) is 9.84 Å². The van der Waals surface area contributed by atoms with E-state index in [1.165, 1.54) is 12.1 Å². The third-order valence-corrected chi connectivity index (χ3v) is 5.09. The van der Waals surface area contributed by atoms with Crippen LogP contribution in [0.25, 0.3) is 0 Å². The fourth-order valence-corrected chi connectivity index (χ4v) is 3.18. The molecule has 2 aromatic rings. The van der Waals surface area contributed by atoms with E-state index in [1.54, 1.807) is 30.3 Å². The molecule has 0 saturated carbocycles. The fourth-order valence-electron chi connectivity index (χ4n) is 2.55. The largest absolute Gasteiger partial charge is 0.486 e. The van der Waals surface area contributed by atoms with Gasteiger partial charge in [0, 0.05) is 11.8 Å². The normalized spacial score (nSPS) is 14.6. The lowest BCUT2D eigenvalue weighted by atomic mass is 10.1. The van der Waals surface area contributed by atoms with E-state index in [2.05, 4.69) is 5.32 Å². The molecule has 1 unspecified atom stereocenters. The first-order valence-electron chi connectivity index (χ1n) is 7.85. The maximum Gasteiger partial charge on any atom is 0.251 e. The third-order valence-electron chi connectivity index (χ3n) is 3.96. The molecule has 2 aromatic carbocycles. The average molecular weight is 361 g/mol. The highest BCUT2D eigenvalue weighted by atomic mass is 32.2. The van der Waals surface area contributed by atoms with Crippen LogP contribution in [0.4, 0.5) is 0 Å². The lowest BCUT2D eigenvalue weighted by Crippen LogP contribution is -2.27. The molecule has 1 heterocycles. The van der Waals surface area contributed by atoms with E-state index >= 15 is 0 Å². The summed E-state index contributed by atoms with van der Waals surface area (Å²) in [7, 11) is -3.23. The third kappa shape index (κ3) is 3.93. The molecular formula is C18H19NO5S. The van der Waals surface area contributed by atoms with Gasteiger partial charge in [-0.1, -0.05) is 12.1 Å². The Bertz CT molecular complexity index is 890. The maximum absolute atomic E-state index is 12.4. The maximum atomic E-state index is 12.4. The van der Waals surface area contributed by atoms with Crippen molar-refractivity contribution in [2.45, 2.75) is 17.9 Å².